The molecule has 128 valence electrons. The zero-order valence-corrected chi connectivity index (χ0v) is 15.5. The van der Waals surface area contributed by atoms with E-state index >= 15 is 0 Å². The van der Waals surface area contributed by atoms with Crippen molar-refractivity contribution < 1.29 is 4.79 Å². The minimum atomic E-state index is -0.641. The van der Waals surface area contributed by atoms with Crippen LogP contribution in [0.4, 0.5) is 5.69 Å². The number of nitrogens with two attached hydrogens (primary N) is 1. The topological polar surface area (TPSA) is 72.1 Å². The number of amides is 1. The normalized spacial score (nSPS) is 16.1. The van der Waals surface area contributed by atoms with E-state index in [1.54, 1.807) is 30.3 Å². The van der Waals surface area contributed by atoms with E-state index in [1.165, 1.54) is 0 Å². The van der Waals surface area contributed by atoms with Gasteiger partial charge in [0.2, 0.25) is 5.91 Å². The van der Waals surface area contributed by atoms with E-state index in [1.807, 2.05) is 39.0 Å². The summed E-state index contributed by atoms with van der Waals surface area (Å²) in [5.41, 5.74) is 9.23. The highest BCUT2D eigenvalue weighted by Crippen LogP contribution is 2.43. The summed E-state index contributed by atoms with van der Waals surface area (Å²) in [6.07, 6.45) is 5.19. The van der Waals surface area contributed by atoms with E-state index in [9.17, 15) is 4.79 Å². The van der Waals surface area contributed by atoms with Gasteiger partial charge in [-0.1, -0.05) is 24.4 Å². The minimum Gasteiger partial charge on any atom is -0.402 e. The standard InChI is InChI=1S/C19H20N4OS/c1-11(20)7-17(25)23-16-8-13(14-9-21-12(2)22-10-14)5-6-15(16)19(3,4)18(23)24/h5-10H,20H2,1-4H3. The van der Waals surface area contributed by atoms with Gasteiger partial charge in [0.1, 0.15) is 10.8 Å². The number of allylic oxidation sites excluding steroid dienone is 1. The highest BCUT2D eigenvalue weighted by Gasteiger charge is 2.45. The van der Waals surface area contributed by atoms with Gasteiger partial charge in [-0.3, -0.25) is 9.69 Å². The molecule has 0 saturated carbocycles. The van der Waals surface area contributed by atoms with Gasteiger partial charge < -0.3 is 5.73 Å². The molecule has 3 rings (SSSR count). The van der Waals surface area contributed by atoms with E-state index in [0.29, 0.717) is 16.5 Å². The van der Waals surface area contributed by atoms with Crippen LogP contribution in [0.5, 0.6) is 0 Å². The molecular formula is C19H20N4OS. The minimum absolute atomic E-state index is 0.0534. The van der Waals surface area contributed by atoms with E-state index in [2.05, 4.69) is 9.97 Å². The van der Waals surface area contributed by atoms with Gasteiger partial charge in [0.25, 0.3) is 0 Å². The third-order valence-corrected chi connectivity index (χ3v) is 4.64. The molecule has 0 radical (unpaired) electrons. The summed E-state index contributed by atoms with van der Waals surface area (Å²) in [6, 6.07) is 5.92. The zero-order chi connectivity index (χ0) is 18.4. The van der Waals surface area contributed by atoms with E-state index in [-0.39, 0.29) is 5.91 Å². The summed E-state index contributed by atoms with van der Waals surface area (Å²) in [7, 11) is 0. The molecule has 0 bridgehead atoms. The fraction of sp³-hybridized carbons (Fsp3) is 0.263. The lowest BCUT2D eigenvalue weighted by Crippen LogP contribution is -2.39. The van der Waals surface area contributed by atoms with Gasteiger partial charge in [0.15, 0.2) is 0 Å². The van der Waals surface area contributed by atoms with Crippen LogP contribution in [0.25, 0.3) is 11.1 Å². The molecule has 0 unspecified atom stereocenters. The van der Waals surface area contributed by atoms with Gasteiger partial charge >= 0.3 is 0 Å². The number of carbonyl (C=O) groups excluding carboxylic acids is 1. The van der Waals surface area contributed by atoms with Crippen molar-refractivity contribution in [1.29, 1.82) is 0 Å². The monoisotopic (exact) mass is 352 g/mol. The van der Waals surface area contributed by atoms with Crippen molar-refractivity contribution >= 4 is 28.8 Å². The number of benzene rings is 1. The first kappa shape index (κ1) is 17.2. The van der Waals surface area contributed by atoms with Crippen molar-refractivity contribution in [2.24, 2.45) is 5.73 Å². The maximum Gasteiger partial charge on any atom is 0.242 e. The van der Waals surface area contributed by atoms with Crippen LogP contribution in [-0.2, 0) is 10.2 Å². The Morgan fingerprint density at radius 3 is 2.48 bits per heavy atom. The first-order valence-electron chi connectivity index (χ1n) is 7.97. The summed E-state index contributed by atoms with van der Waals surface area (Å²) >= 11 is 5.45. The van der Waals surface area contributed by atoms with Crippen LogP contribution in [0.1, 0.15) is 32.2 Å². The largest absolute Gasteiger partial charge is 0.402 e. The average Bonchev–Trinajstić information content (AvgIpc) is 2.74. The number of fused-ring (bicyclic) bond motifs is 1. The fourth-order valence-electron chi connectivity index (χ4n) is 2.95. The molecule has 2 aromatic rings. The van der Waals surface area contributed by atoms with Crippen LogP contribution in [0.3, 0.4) is 0 Å². The SMILES string of the molecule is CC(N)=CC(=S)N1C(=O)C(C)(C)c2ccc(-c3cnc(C)nc3)cc21. The molecule has 0 saturated heterocycles. The lowest BCUT2D eigenvalue weighted by Gasteiger charge is -2.19. The molecule has 5 nitrogen and oxygen atoms in total. The summed E-state index contributed by atoms with van der Waals surface area (Å²) in [5.74, 6) is 0.662. The predicted molar refractivity (Wildman–Crippen MR) is 103 cm³/mol. The summed E-state index contributed by atoms with van der Waals surface area (Å²) in [6.45, 7) is 7.41. The number of aryl methyl sites for hydroxylation is 1. The van der Waals surface area contributed by atoms with Crippen molar-refractivity contribution in [1.82, 2.24) is 9.97 Å². The lowest BCUT2D eigenvalue weighted by atomic mass is 9.85. The molecule has 0 fully saturated rings. The number of thiocarbonyl (C=S) groups is 1. The van der Waals surface area contributed by atoms with Crippen LogP contribution in [-0.4, -0.2) is 20.9 Å². The highest BCUT2D eigenvalue weighted by atomic mass is 32.1. The summed E-state index contributed by atoms with van der Waals surface area (Å²) < 4.78 is 0. The predicted octanol–water partition coefficient (Wildman–Crippen LogP) is 3.27. The zero-order valence-electron chi connectivity index (χ0n) is 14.7. The molecule has 25 heavy (non-hydrogen) atoms. The number of hydrogen-bond acceptors (Lipinski definition) is 5. The smallest absolute Gasteiger partial charge is 0.242 e. The van der Waals surface area contributed by atoms with Crippen LogP contribution < -0.4 is 10.6 Å². The second-order valence-corrected chi connectivity index (χ2v) is 7.16. The third kappa shape index (κ3) is 2.93. The number of anilines is 1. The molecule has 6 heteroatoms. The van der Waals surface area contributed by atoms with Gasteiger partial charge in [-0.15, -0.1) is 0 Å². The van der Waals surface area contributed by atoms with Crippen molar-refractivity contribution in [3.05, 3.63) is 53.8 Å². The highest BCUT2D eigenvalue weighted by molar-refractivity contribution is 7.81. The number of aromatic nitrogens is 2. The number of nitrogens with zero attached hydrogens (tertiary/aromatic N) is 3. The van der Waals surface area contributed by atoms with Gasteiger partial charge in [-0.05, 0) is 51.0 Å². The molecule has 2 N–H and O–H groups in total. The van der Waals surface area contributed by atoms with Crippen molar-refractivity contribution in [3.8, 4) is 11.1 Å². The van der Waals surface area contributed by atoms with Crippen molar-refractivity contribution in [2.45, 2.75) is 33.1 Å². The average molecular weight is 352 g/mol. The second-order valence-electron chi connectivity index (χ2n) is 6.74. The molecule has 1 aliphatic heterocycles. The van der Waals surface area contributed by atoms with Gasteiger partial charge in [-0.2, -0.15) is 0 Å². The van der Waals surface area contributed by atoms with Gasteiger partial charge in [-0.25, -0.2) is 9.97 Å². The van der Waals surface area contributed by atoms with Crippen LogP contribution in [0.2, 0.25) is 0 Å². The molecule has 1 aromatic carbocycles. The Kier molecular flexibility index (Phi) is 4.16. The van der Waals surface area contributed by atoms with E-state index < -0.39 is 5.41 Å². The van der Waals surface area contributed by atoms with Crippen LogP contribution in [0, 0.1) is 6.92 Å². The Morgan fingerprint density at radius 1 is 1.24 bits per heavy atom. The lowest BCUT2D eigenvalue weighted by molar-refractivity contribution is -0.121. The Bertz CT molecular complexity index is 896. The van der Waals surface area contributed by atoms with Gasteiger partial charge in [0.05, 0.1) is 11.1 Å². The van der Waals surface area contributed by atoms with Crippen LogP contribution >= 0.6 is 12.2 Å². The Morgan fingerprint density at radius 2 is 1.88 bits per heavy atom. The number of rotatable bonds is 2. The fourth-order valence-corrected chi connectivity index (χ4v) is 3.32. The van der Waals surface area contributed by atoms with Crippen molar-refractivity contribution in [2.75, 3.05) is 4.90 Å². The van der Waals surface area contributed by atoms with E-state index in [0.717, 1.165) is 22.4 Å². The van der Waals surface area contributed by atoms with Gasteiger partial charge in [0, 0.05) is 23.7 Å². The molecule has 0 atom stereocenters. The molecule has 1 aromatic heterocycles. The molecule has 1 amide bonds. The summed E-state index contributed by atoms with van der Waals surface area (Å²) in [5, 5.41) is 0. The number of carbonyl (C=O) groups is 1. The maximum absolute atomic E-state index is 12.9. The first-order chi connectivity index (χ1) is 11.7. The van der Waals surface area contributed by atoms with Crippen molar-refractivity contribution in [3.63, 3.8) is 0 Å². The Labute approximate surface area is 152 Å². The van der Waals surface area contributed by atoms with Crippen LogP contribution in [0.15, 0.2) is 42.4 Å². The molecule has 1 aliphatic rings. The Hall–Kier alpha value is -2.60. The number of hydrogen-bond donors (Lipinski definition) is 1. The second kappa shape index (κ2) is 6.04. The quantitative estimate of drug-likeness (QED) is 0.663. The first-order valence-corrected chi connectivity index (χ1v) is 8.38. The molecule has 0 aliphatic carbocycles. The molecular weight excluding hydrogens is 332 g/mol. The Balaban J connectivity index is 2.14. The third-order valence-electron chi connectivity index (χ3n) is 4.34. The molecule has 2 heterocycles. The summed E-state index contributed by atoms with van der Waals surface area (Å²) in [4.78, 5) is 23.4. The maximum atomic E-state index is 12.9. The molecule has 0 spiro atoms. The van der Waals surface area contributed by atoms with E-state index in [4.69, 9.17) is 18.0 Å².